The lowest BCUT2D eigenvalue weighted by Gasteiger charge is -2.08. The zero-order valence-corrected chi connectivity index (χ0v) is 11.3. The predicted octanol–water partition coefficient (Wildman–Crippen LogP) is 2.34. The highest BCUT2D eigenvalue weighted by Crippen LogP contribution is 2.35. The van der Waals surface area contributed by atoms with Crippen molar-refractivity contribution in [1.82, 2.24) is 0 Å². The fraction of sp³-hybridized carbons (Fsp3) is 0.176. The molecule has 0 atom stereocenters. The Balaban J connectivity index is 1.73. The Morgan fingerprint density at radius 1 is 1.10 bits per heavy atom. The quantitative estimate of drug-likeness (QED) is 0.878. The van der Waals surface area contributed by atoms with Crippen molar-refractivity contribution in [3.63, 3.8) is 0 Å². The van der Waals surface area contributed by atoms with Crippen LogP contribution in [0, 0.1) is 11.8 Å². The molecule has 1 aliphatic rings. The Hall–Kier alpha value is -2.64. The second-order valence-corrected chi connectivity index (χ2v) is 4.42. The zero-order valence-electron chi connectivity index (χ0n) is 11.3. The second-order valence-electron chi connectivity index (χ2n) is 4.42. The van der Waals surface area contributed by atoms with E-state index in [1.807, 2.05) is 42.5 Å². The summed E-state index contributed by atoms with van der Waals surface area (Å²) in [4.78, 5) is 0. The number of ether oxygens (including phenoxy) is 3. The minimum atomic E-state index is -0.155. The average molecular weight is 282 g/mol. The van der Waals surface area contributed by atoms with Gasteiger partial charge in [-0.2, -0.15) is 0 Å². The minimum absolute atomic E-state index is 0.155. The molecule has 1 aliphatic heterocycles. The van der Waals surface area contributed by atoms with Gasteiger partial charge in [-0.25, -0.2) is 0 Å². The van der Waals surface area contributed by atoms with Crippen molar-refractivity contribution in [2.45, 2.75) is 6.61 Å². The highest BCUT2D eigenvalue weighted by Gasteiger charge is 2.13. The molecule has 0 radical (unpaired) electrons. The van der Waals surface area contributed by atoms with Crippen molar-refractivity contribution >= 4 is 0 Å². The summed E-state index contributed by atoms with van der Waals surface area (Å²) in [5.41, 5.74) is 1.82. The number of benzene rings is 2. The maximum atomic E-state index is 8.79. The molecule has 0 fully saturated rings. The summed E-state index contributed by atoms with van der Waals surface area (Å²) in [6, 6.07) is 13.2. The molecule has 106 valence electrons. The van der Waals surface area contributed by atoms with Crippen LogP contribution in [0.3, 0.4) is 0 Å². The summed E-state index contributed by atoms with van der Waals surface area (Å²) in [5, 5.41) is 8.79. The number of hydrogen-bond donors (Lipinski definition) is 1. The summed E-state index contributed by atoms with van der Waals surface area (Å²) in [7, 11) is 0. The van der Waals surface area contributed by atoms with Crippen LogP contribution >= 0.6 is 0 Å². The molecule has 4 heteroatoms. The molecule has 1 N–H and O–H groups in total. The predicted molar refractivity (Wildman–Crippen MR) is 77.3 cm³/mol. The summed E-state index contributed by atoms with van der Waals surface area (Å²) in [6.45, 7) is 0.492. The van der Waals surface area contributed by atoms with Gasteiger partial charge in [0.2, 0.25) is 6.79 Å². The van der Waals surface area contributed by atoms with Crippen LogP contribution in [0.25, 0.3) is 0 Å². The third-order valence-corrected chi connectivity index (χ3v) is 3.06. The van der Waals surface area contributed by atoms with Gasteiger partial charge in [0, 0.05) is 17.2 Å². The maximum absolute atomic E-state index is 8.79. The van der Waals surface area contributed by atoms with Gasteiger partial charge in [0.05, 0.1) is 0 Å². The molecule has 21 heavy (non-hydrogen) atoms. The minimum Gasteiger partial charge on any atom is -0.489 e. The molecule has 0 unspecified atom stereocenters. The largest absolute Gasteiger partial charge is 0.489 e. The molecule has 4 nitrogen and oxygen atoms in total. The lowest BCUT2D eigenvalue weighted by Crippen LogP contribution is -1.98. The normalized spacial score (nSPS) is 11.7. The van der Waals surface area contributed by atoms with Crippen LogP contribution in [-0.4, -0.2) is 18.5 Å². The summed E-state index contributed by atoms with van der Waals surface area (Å²) >= 11 is 0. The van der Waals surface area contributed by atoms with Crippen molar-refractivity contribution in [3.05, 3.63) is 53.6 Å². The van der Waals surface area contributed by atoms with Crippen molar-refractivity contribution < 1.29 is 19.3 Å². The van der Waals surface area contributed by atoms with E-state index in [1.165, 1.54) is 0 Å². The molecule has 0 saturated heterocycles. The van der Waals surface area contributed by atoms with E-state index in [1.54, 1.807) is 0 Å². The van der Waals surface area contributed by atoms with E-state index < -0.39 is 0 Å². The van der Waals surface area contributed by atoms with Gasteiger partial charge in [0.15, 0.2) is 11.5 Å². The Bertz CT molecular complexity index is 697. The molecule has 0 aromatic heterocycles. The van der Waals surface area contributed by atoms with Gasteiger partial charge in [0.25, 0.3) is 0 Å². The molecule has 2 aromatic carbocycles. The summed E-state index contributed by atoms with van der Waals surface area (Å²) in [5.74, 6) is 7.71. The fourth-order valence-corrected chi connectivity index (χ4v) is 2.03. The molecule has 0 amide bonds. The lowest BCUT2D eigenvalue weighted by molar-refractivity contribution is 0.173. The van der Waals surface area contributed by atoms with Crippen LogP contribution in [-0.2, 0) is 6.61 Å². The number of fused-ring (bicyclic) bond motifs is 1. The molecular formula is C17H14O4. The highest BCUT2D eigenvalue weighted by atomic mass is 16.7. The highest BCUT2D eigenvalue weighted by molar-refractivity contribution is 5.47. The number of aliphatic hydroxyl groups excluding tert-OH is 1. The van der Waals surface area contributed by atoms with Gasteiger partial charge in [-0.1, -0.05) is 30.0 Å². The molecule has 1 heterocycles. The first-order valence-corrected chi connectivity index (χ1v) is 6.57. The molecule has 0 spiro atoms. The Morgan fingerprint density at radius 3 is 2.86 bits per heavy atom. The van der Waals surface area contributed by atoms with Gasteiger partial charge in [0.1, 0.15) is 19.0 Å². The van der Waals surface area contributed by atoms with Crippen molar-refractivity contribution in [3.8, 4) is 29.1 Å². The second kappa shape index (κ2) is 6.21. The van der Waals surface area contributed by atoms with Crippen LogP contribution in [0.2, 0.25) is 0 Å². The molecule has 0 aliphatic carbocycles. The van der Waals surface area contributed by atoms with Gasteiger partial charge in [-0.3, -0.25) is 0 Å². The Labute approximate surface area is 122 Å². The van der Waals surface area contributed by atoms with Gasteiger partial charge in [-0.05, 0) is 18.2 Å². The third kappa shape index (κ3) is 3.10. The first kappa shape index (κ1) is 13.3. The molecule has 0 saturated carbocycles. The number of aliphatic hydroxyl groups is 1. The summed E-state index contributed by atoms with van der Waals surface area (Å²) in [6.07, 6.45) is 0. The fourth-order valence-electron chi connectivity index (χ4n) is 2.03. The number of hydrogen-bond acceptors (Lipinski definition) is 4. The van der Waals surface area contributed by atoms with E-state index in [0.717, 1.165) is 16.9 Å². The third-order valence-electron chi connectivity index (χ3n) is 3.06. The van der Waals surface area contributed by atoms with E-state index in [-0.39, 0.29) is 13.4 Å². The van der Waals surface area contributed by atoms with E-state index in [4.69, 9.17) is 19.3 Å². The van der Waals surface area contributed by atoms with Crippen LogP contribution in [0.15, 0.2) is 42.5 Å². The van der Waals surface area contributed by atoms with Crippen LogP contribution in [0.5, 0.6) is 17.2 Å². The van der Waals surface area contributed by atoms with Crippen molar-refractivity contribution in [1.29, 1.82) is 0 Å². The monoisotopic (exact) mass is 282 g/mol. The first-order valence-electron chi connectivity index (χ1n) is 6.57. The Kier molecular flexibility index (Phi) is 3.95. The molecular weight excluding hydrogens is 268 g/mol. The molecule has 0 bridgehead atoms. The van der Waals surface area contributed by atoms with Crippen LogP contribution in [0.1, 0.15) is 11.1 Å². The van der Waals surface area contributed by atoms with E-state index in [2.05, 4.69) is 11.8 Å². The van der Waals surface area contributed by atoms with Gasteiger partial charge < -0.3 is 19.3 Å². The van der Waals surface area contributed by atoms with E-state index in [9.17, 15) is 0 Å². The molecule has 3 rings (SSSR count). The smallest absolute Gasteiger partial charge is 0.231 e. The standard InChI is InChI=1S/C17H14O4/c18-9-3-6-13-4-1-2-5-14(13)11-19-15-7-8-16-17(10-15)21-12-20-16/h1-2,4-5,7-8,10,18H,9,11-12H2. The van der Waals surface area contributed by atoms with Crippen LogP contribution < -0.4 is 14.2 Å². The SMILES string of the molecule is OCC#Cc1ccccc1COc1ccc2c(c1)OCO2. The Morgan fingerprint density at radius 2 is 1.95 bits per heavy atom. The first-order chi connectivity index (χ1) is 10.4. The lowest BCUT2D eigenvalue weighted by atomic mass is 10.1. The van der Waals surface area contributed by atoms with Crippen LogP contribution in [0.4, 0.5) is 0 Å². The van der Waals surface area contributed by atoms with Crippen molar-refractivity contribution in [2.75, 3.05) is 13.4 Å². The van der Waals surface area contributed by atoms with Gasteiger partial charge in [-0.15, -0.1) is 0 Å². The molecule has 2 aromatic rings. The van der Waals surface area contributed by atoms with E-state index in [0.29, 0.717) is 18.1 Å². The van der Waals surface area contributed by atoms with E-state index >= 15 is 0 Å². The van der Waals surface area contributed by atoms with Crippen molar-refractivity contribution in [2.24, 2.45) is 0 Å². The summed E-state index contributed by atoms with van der Waals surface area (Å²) < 4.78 is 16.3. The maximum Gasteiger partial charge on any atom is 0.231 e. The zero-order chi connectivity index (χ0) is 14.5. The number of rotatable bonds is 3. The topological polar surface area (TPSA) is 47.9 Å². The average Bonchev–Trinajstić information content (AvgIpc) is 2.99. The van der Waals surface area contributed by atoms with Gasteiger partial charge >= 0.3 is 0 Å².